The normalized spacial score (nSPS) is 13.7. The molecular formula is C23H25F2N9O3S. The number of aryl methyl sites for hydroxylation is 2. The summed E-state index contributed by atoms with van der Waals surface area (Å²) in [5, 5.41) is 10.0. The number of fused-ring (bicyclic) bond motifs is 1. The number of carbonyl (C=O) groups excluding carboxylic acids is 1. The van der Waals surface area contributed by atoms with Crippen LogP contribution in [0.25, 0.3) is 22.6 Å². The Morgan fingerprint density at radius 2 is 1.92 bits per heavy atom. The number of aromatic amines is 1. The van der Waals surface area contributed by atoms with Crippen LogP contribution >= 0.6 is 0 Å². The van der Waals surface area contributed by atoms with E-state index in [1.54, 1.807) is 36.9 Å². The van der Waals surface area contributed by atoms with E-state index in [1.807, 2.05) is 0 Å². The van der Waals surface area contributed by atoms with Crippen molar-refractivity contribution in [2.75, 3.05) is 21.1 Å². The molecule has 0 aliphatic heterocycles. The number of imidazole rings is 1. The van der Waals surface area contributed by atoms with Gasteiger partial charge in [-0.05, 0) is 44.9 Å². The Kier molecular flexibility index (Phi) is 6.46. The predicted molar refractivity (Wildman–Crippen MR) is 138 cm³/mol. The fourth-order valence-corrected chi connectivity index (χ4v) is 4.52. The van der Waals surface area contributed by atoms with Crippen molar-refractivity contribution in [2.45, 2.75) is 33.1 Å². The van der Waals surface area contributed by atoms with Gasteiger partial charge in [0.15, 0.2) is 17.3 Å². The van der Waals surface area contributed by atoms with Crippen molar-refractivity contribution in [3.05, 3.63) is 35.9 Å². The number of carbonyl (C=O) groups is 1. The topological polar surface area (TPSA) is 160 Å². The second-order valence-electron chi connectivity index (χ2n) is 8.94. The van der Waals surface area contributed by atoms with Gasteiger partial charge in [0.25, 0.3) is 6.43 Å². The van der Waals surface area contributed by atoms with E-state index in [4.69, 9.17) is 0 Å². The number of nitrogens with zero attached hydrogens (tertiary/aromatic N) is 5. The monoisotopic (exact) mass is 545 g/mol. The lowest BCUT2D eigenvalue weighted by atomic mass is 10.1. The van der Waals surface area contributed by atoms with Crippen LogP contribution in [0.15, 0.2) is 24.3 Å². The highest BCUT2D eigenvalue weighted by Crippen LogP contribution is 2.35. The molecule has 0 spiro atoms. The van der Waals surface area contributed by atoms with Gasteiger partial charge in [0, 0.05) is 24.6 Å². The number of alkyl halides is 2. The molecule has 0 saturated heterocycles. The summed E-state index contributed by atoms with van der Waals surface area (Å²) in [5.41, 5.74) is 1.53. The third-order valence-corrected chi connectivity index (χ3v) is 7.24. The summed E-state index contributed by atoms with van der Waals surface area (Å²) in [7, 11) is -1.97. The van der Waals surface area contributed by atoms with Gasteiger partial charge in [0.05, 0.1) is 22.8 Å². The average Bonchev–Trinajstić information content (AvgIpc) is 3.53. The predicted octanol–water partition coefficient (Wildman–Crippen LogP) is 3.85. The maximum Gasteiger partial charge on any atom is 0.295 e. The standard InChI is InChI=1S/C23H25F2N9O3S/c1-4-38(36,37)33-15-9-13(22-26-11(2)32-34(22)3)7-8-14(15)27-16-10-17(29-23(35)12-5-6-12)28-20-18(16)30-21(31-20)19(24)25/h7-10,12,19,33H,4-6H2,1-3H3,(H3,27,28,29,30,31,35). The molecule has 1 amide bonds. The van der Waals surface area contributed by atoms with Crippen LogP contribution in [0, 0.1) is 12.8 Å². The third kappa shape index (κ3) is 5.27. The molecule has 15 heteroatoms. The number of H-pyrrole nitrogens is 1. The SMILES string of the molecule is CCS(=O)(=O)Nc1cc(-c2nc(C)nn2C)ccc1Nc1cc(NC(=O)C2CC2)nc2nc(C(F)F)[nH]c12. The Morgan fingerprint density at radius 1 is 1.16 bits per heavy atom. The van der Waals surface area contributed by atoms with Crippen molar-refractivity contribution in [3.63, 3.8) is 0 Å². The van der Waals surface area contributed by atoms with Gasteiger partial charge < -0.3 is 15.6 Å². The van der Waals surface area contributed by atoms with E-state index in [9.17, 15) is 22.0 Å². The van der Waals surface area contributed by atoms with Crippen LogP contribution < -0.4 is 15.4 Å². The van der Waals surface area contributed by atoms with Crippen LogP contribution in [0.5, 0.6) is 0 Å². The molecule has 1 aliphatic carbocycles. The molecule has 1 aliphatic rings. The van der Waals surface area contributed by atoms with Crippen molar-refractivity contribution in [3.8, 4) is 11.4 Å². The van der Waals surface area contributed by atoms with E-state index in [1.165, 1.54) is 13.0 Å². The largest absolute Gasteiger partial charge is 0.352 e. The zero-order valence-electron chi connectivity index (χ0n) is 20.7. The van der Waals surface area contributed by atoms with Crippen LogP contribution in [-0.2, 0) is 21.9 Å². The Bertz CT molecular complexity index is 1650. The number of sulfonamides is 1. The fourth-order valence-electron chi connectivity index (χ4n) is 3.87. The molecular weight excluding hydrogens is 520 g/mol. The Hall–Kier alpha value is -4.14. The molecule has 0 radical (unpaired) electrons. The third-order valence-electron chi connectivity index (χ3n) is 5.95. The minimum atomic E-state index is -3.69. The molecule has 1 aromatic carbocycles. The van der Waals surface area contributed by atoms with E-state index in [2.05, 4.69) is 40.4 Å². The summed E-state index contributed by atoms with van der Waals surface area (Å²) in [6.07, 6.45) is -1.33. The summed E-state index contributed by atoms with van der Waals surface area (Å²) in [6, 6.07) is 6.44. The van der Waals surface area contributed by atoms with Gasteiger partial charge in [-0.2, -0.15) is 5.10 Å². The van der Waals surface area contributed by atoms with Gasteiger partial charge in [0.1, 0.15) is 17.2 Å². The first kappa shape index (κ1) is 25.5. The summed E-state index contributed by atoms with van der Waals surface area (Å²) < 4.78 is 56.0. The van der Waals surface area contributed by atoms with Crippen LogP contribution in [0.4, 0.5) is 31.7 Å². The molecule has 3 heterocycles. The van der Waals surface area contributed by atoms with E-state index in [0.717, 1.165) is 12.8 Å². The molecule has 4 aromatic rings. The summed E-state index contributed by atoms with van der Waals surface area (Å²) in [4.78, 5) is 27.4. The van der Waals surface area contributed by atoms with Crippen LogP contribution in [0.1, 0.15) is 37.8 Å². The van der Waals surface area contributed by atoms with E-state index in [0.29, 0.717) is 22.9 Å². The fraction of sp³-hybridized carbons (Fsp3) is 0.348. The first-order valence-corrected chi connectivity index (χ1v) is 13.5. The molecule has 200 valence electrons. The minimum Gasteiger partial charge on any atom is -0.352 e. The lowest BCUT2D eigenvalue weighted by Gasteiger charge is -2.16. The second-order valence-corrected chi connectivity index (χ2v) is 10.9. The highest BCUT2D eigenvalue weighted by Gasteiger charge is 2.30. The Balaban J connectivity index is 1.59. The number of benzene rings is 1. The maximum atomic E-state index is 13.4. The zero-order valence-corrected chi connectivity index (χ0v) is 21.5. The van der Waals surface area contributed by atoms with E-state index >= 15 is 0 Å². The smallest absolute Gasteiger partial charge is 0.295 e. The quantitative estimate of drug-likeness (QED) is 0.247. The highest BCUT2D eigenvalue weighted by atomic mass is 32.2. The Labute approximate surface area is 216 Å². The summed E-state index contributed by atoms with van der Waals surface area (Å²) in [6.45, 7) is 3.25. The van der Waals surface area contributed by atoms with E-state index in [-0.39, 0.29) is 45.9 Å². The number of anilines is 4. The number of pyridine rings is 1. The lowest BCUT2D eigenvalue weighted by Crippen LogP contribution is -2.16. The zero-order chi connectivity index (χ0) is 27.2. The Morgan fingerprint density at radius 3 is 2.55 bits per heavy atom. The maximum absolute atomic E-state index is 13.4. The van der Waals surface area contributed by atoms with Crippen molar-refractivity contribution < 1.29 is 22.0 Å². The van der Waals surface area contributed by atoms with Crippen molar-refractivity contribution in [2.24, 2.45) is 13.0 Å². The number of amides is 1. The van der Waals surface area contributed by atoms with Crippen LogP contribution in [-0.4, -0.2) is 49.8 Å². The lowest BCUT2D eigenvalue weighted by molar-refractivity contribution is -0.117. The van der Waals surface area contributed by atoms with Gasteiger partial charge >= 0.3 is 0 Å². The molecule has 1 fully saturated rings. The molecule has 12 nitrogen and oxygen atoms in total. The van der Waals surface area contributed by atoms with Gasteiger partial charge in [-0.1, -0.05) is 0 Å². The first-order chi connectivity index (χ1) is 18.0. The highest BCUT2D eigenvalue weighted by molar-refractivity contribution is 7.92. The number of aromatic nitrogens is 6. The number of hydrogen-bond acceptors (Lipinski definition) is 8. The second kappa shape index (κ2) is 9.63. The van der Waals surface area contributed by atoms with Gasteiger partial charge in [-0.15, -0.1) is 0 Å². The molecule has 0 unspecified atom stereocenters. The molecule has 38 heavy (non-hydrogen) atoms. The molecule has 3 aromatic heterocycles. The summed E-state index contributed by atoms with van der Waals surface area (Å²) >= 11 is 0. The first-order valence-electron chi connectivity index (χ1n) is 11.8. The average molecular weight is 546 g/mol. The van der Waals surface area contributed by atoms with Crippen LogP contribution in [0.3, 0.4) is 0 Å². The molecule has 0 atom stereocenters. The van der Waals surface area contributed by atoms with E-state index < -0.39 is 22.3 Å². The number of rotatable bonds is 9. The molecule has 5 rings (SSSR count). The van der Waals surface area contributed by atoms with Gasteiger partial charge in [-0.3, -0.25) is 9.52 Å². The van der Waals surface area contributed by atoms with Crippen molar-refractivity contribution >= 4 is 50.0 Å². The number of nitrogens with one attached hydrogen (secondary N) is 4. The number of hydrogen-bond donors (Lipinski definition) is 4. The number of halogens is 2. The molecule has 1 saturated carbocycles. The van der Waals surface area contributed by atoms with Crippen molar-refractivity contribution in [1.82, 2.24) is 29.7 Å². The van der Waals surface area contributed by atoms with Gasteiger partial charge in [0.2, 0.25) is 15.9 Å². The summed E-state index contributed by atoms with van der Waals surface area (Å²) in [5.74, 6) is 0.132. The van der Waals surface area contributed by atoms with Gasteiger partial charge in [-0.25, -0.2) is 36.8 Å². The van der Waals surface area contributed by atoms with Crippen LogP contribution in [0.2, 0.25) is 0 Å². The molecule has 0 bridgehead atoms. The van der Waals surface area contributed by atoms with Crippen molar-refractivity contribution in [1.29, 1.82) is 0 Å². The minimum absolute atomic E-state index is 0.0294. The molecule has 4 N–H and O–H groups in total.